The fourth-order valence-corrected chi connectivity index (χ4v) is 2.06. The third-order valence-electron chi connectivity index (χ3n) is 3.64. The van der Waals surface area contributed by atoms with Gasteiger partial charge in [-0.15, -0.1) is 0 Å². The maximum Gasteiger partial charge on any atom is 0.326 e. The molecule has 1 atom stereocenters. The van der Waals surface area contributed by atoms with E-state index in [1.807, 2.05) is 13.8 Å². The molecule has 0 radical (unpaired) electrons. The van der Waals surface area contributed by atoms with E-state index in [0.29, 0.717) is 18.5 Å². The van der Waals surface area contributed by atoms with E-state index in [0.717, 1.165) is 12.8 Å². The molecule has 0 heterocycles. The van der Waals surface area contributed by atoms with Crippen LogP contribution >= 0.6 is 0 Å². The predicted molar refractivity (Wildman–Crippen MR) is 87.5 cm³/mol. The first-order valence-corrected chi connectivity index (χ1v) is 7.79. The third kappa shape index (κ3) is 5.39. The summed E-state index contributed by atoms with van der Waals surface area (Å²) in [6.07, 6.45) is 1.96. The quantitative estimate of drug-likeness (QED) is 0.768. The Hall–Kier alpha value is -2.37. The number of amides is 2. The van der Waals surface area contributed by atoms with Crippen LogP contribution in [0.5, 0.6) is 0 Å². The lowest BCUT2D eigenvalue weighted by molar-refractivity contribution is -0.139. The number of hydrogen-bond donors (Lipinski definition) is 2. The number of unbranched alkanes of at least 4 members (excludes halogenated alkanes) is 1. The fourth-order valence-electron chi connectivity index (χ4n) is 2.06. The molecular weight excluding hydrogens is 296 g/mol. The lowest BCUT2D eigenvalue weighted by atomic mass is 10.1. The lowest BCUT2D eigenvalue weighted by Gasteiger charge is -2.16. The first-order valence-electron chi connectivity index (χ1n) is 7.79. The highest BCUT2D eigenvalue weighted by Crippen LogP contribution is 2.09. The van der Waals surface area contributed by atoms with E-state index >= 15 is 0 Å². The maximum atomic E-state index is 12.2. The first kappa shape index (κ1) is 18.7. The topological polar surface area (TPSA) is 86.7 Å². The van der Waals surface area contributed by atoms with Gasteiger partial charge < -0.3 is 15.3 Å². The Labute approximate surface area is 136 Å². The number of nitrogens with one attached hydrogen (secondary N) is 1. The van der Waals surface area contributed by atoms with Gasteiger partial charge in [-0.25, -0.2) is 4.79 Å². The van der Waals surface area contributed by atoms with Gasteiger partial charge in [0.1, 0.15) is 6.04 Å². The van der Waals surface area contributed by atoms with E-state index in [2.05, 4.69) is 5.32 Å². The molecule has 1 aromatic carbocycles. The van der Waals surface area contributed by atoms with Crippen LogP contribution in [0.2, 0.25) is 0 Å². The van der Waals surface area contributed by atoms with E-state index < -0.39 is 17.9 Å². The van der Waals surface area contributed by atoms with Gasteiger partial charge in [0, 0.05) is 24.7 Å². The predicted octanol–water partition coefficient (Wildman–Crippen LogP) is 2.15. The van der Waals surface area contributed by atoms with Crippen molar-refractivity contribution in [3.8, 4) is 0 Å². The molecule has 0 aliphatic rings. The summed E-state index contributed by atoms with van der Waals surface area (Å²) in [5.74, 6) is -1.71. The van der Waals surface area contributed by atoms with Gasteiger partial charge in [-0.1, -0.05) is 25.8 Å². The van der Waals surface area contributed by atoms with Crippen LogP contribution in [0.1, 0.15) is 53.8 Å². The van der Waals surface area contributed by atoms with Gasteiger partial charge in [0.2, 0.25) is 0 Å². The molecule has 0 bridgehead atoms. The Kier molecular flexibility index (Phi) is 7.25. The number of carboxylic acids is 1. The van der Waals surface area contributed by atoms with Crippen molar-refractivity contribution in [1.29, 1.82) is 0 Å². The average Bonchev–Trinajstić information content (AvgIpc) is 2.56. The standard InChI is InChI=1S/C17H24N2O4/c1-4-6-10-14(17(22)23)18-15(20)12-8-7-9-13(11-12)16(21)19(3)5-2/h7-9,11,14H,4-6,10H2,1-3H3,(H,18,20)(H,22,23). The number of carbonyl (C=O) groups excluding carboxylic acids is 2. The van der Waals surface area contributed by atoms with Gasteiger partial charge in [0.25, 0.3) is 11.8 Å². The normalized spacial score (nSPS) is 11.6. The molecule has 0 aliphatic heterocycles. The molecular formula is C17H24N2O4. The lowest BCUT2D eigenvalue weighted by Crippen LogP contribution is -2.40. The second kappa shape index (κ2) is 8.92. The summed E-state index contributed by atoms with van der Waals surface area (Å²) in [6, 6.07) is 5.39. The Balaban J connectivity index is 2.87. The minimum atomic E-state index is -1.05. The summed E-state index contributed by atoms with van der Waals surface area (Å²) >= 11 is 0. The zero-order valence-corrected chi connectivity index (χ0v) is 13.8. The molecule has 2 amide bonds. The molecule has 6 heteroatoms. The van der Waals surface area contributed by atoms with Crippen molar-refractivity contribution in [2.24, 2.45) is 0 Å². The number of nitrogens with zero attached hydrogens (tertiary/aromatic N) is 1. The molecule has 2 N–H and O–H groups in total. The van der Waals surface area contributed by atoms with Crippen LogP contribution in [-0.2, 0) is 4.79 Å². The number of carbonyl (C=O) groups is 3. The van der Waals surface area contributed by atoms with Crippen molar-refractivity contribution in [1.82, 2.24) is 10.2 Å². The highest BCUT2D eigenvalue weighted by atomic mass is 16.4. The van der Waals surface area contributed by atoms with Gasteiger partial charge in [-0.3, -0.25) is 9.59 Å². The summed E-state index contributed by atoms with van der Waals surface area (Å²) in [4.78, 5) is 37.1. The Morgan fingerprint density at radius 1 is 1.22 bits per heavy atom. The van der Waals surface area contributed by atoms with Crippen molar-refractivity contribution in [3.05, 3.63) is 35.4 Å². The van der Waals surface area contributed by atoms with Crippen molar-refractivity contribution < 1.29 is 19.5 Å². The zero-order valence-electron chi connectivity index (χ0n) is 13.8. The number of aliphatic carboxylic acids is 1. The van der Waals surface area contributed by atoms with Crippen LogP contribution in [-0.4, -0.2) is 47.4 Å². The molecule has 0 aromatic heterocycles. The minimum Gasteiger partial charge on any atom is -0.480 e. The Bertz CT molecular complexity index is 571. The summed E-state index contributed by atoms with van der Waals surface area (Å²) in [5.41, 5.74) is 0.686. The van der Waals surface area contributed by atoms with Gasteiger partial charge >= 0.3 is 5.97 Å². The molecule has 0 spiro atoms. The fraction of sp³-hybridized carbons (Fsp3) is 0.471. The van der Waals surface area contributed by atoms with Crippen LogP contribution in [0.3, 0.4) is 0 Å². The Morgan fingerprint density at radius 2 is 1.87 bits per heavy atom. The molecule has 1 rings (SSSR count). The number of rotatable bonds is 8. The summed E-state index contributed by atoms with van der Waals surface area (Å²) < 4.78 is 0. The van der Waals surface area contributed by atoms with Crippen LogP contribution in [0.15, 0.2) is 24.3 Å². The summed E-state index contributed by atoms with van der Waals surface area (Å²) in [7, 11) is 1.68. The molecule has 23 heavy (non-hydrogen) atoms. The molecule has 0 fully saturated rings. The van der Waals surface area contributed by atoms with Crippen LogP contribution in [0.4, 0.5) is 0 Å². The molecule has 0 aliphatic carbocycles. The van der Waals surface area contributed by atoms with E-state index in [-0.39, 0.29) is 11.5 Å². The zero-order chi connectivity index (χ0) is 17.4. The average molecular weight is 320 g/mol. The van der Waals surface area contributed by atoms with E-state index in [1.165, 1.54) is 11.0 Å². The van der Waals surface area contributed by atoms with Crippen LogP contribution in [0.25, 0.3) is 0 Å². The SMILES string of the molecule is CCCCC(NC(=O)c1cccc(C(=O)N(C)CC)c1)C(=O)O. The number of benzene rings is 1. The van der Waals surface area contributed by atoms with Gasteiger partial charge in [-0.05, 0) is 31.5 Å². The van der Waals surface area contributed by atoms with E-state index in [1.54, 1.807) is 25.2 Å². The van der Waals surface area contributed by atoms with Crippen molar-refractivity contribution in [3.63, 3.8) is 0 Å². The highest BCUT2D eigenvalue weighted by molar-refractivity contribution is 6.00. The molecule has 1 unspecified atom stereocenters. The minimum absolute atomic E-state index is 0.178. The summed E-state index contributed by atoms with van der Waals surface area (Å²) in [5, 5.41) is 11.7. The van der Waals surface area contributed by atoms with Gasteiger partial charge in [-0.2, -0.15) is 0 Å². The largest absolute Gasteiger partial charge is 0.480 e. The Morgan fingerprint density at radius 3 is 2.43 bits per heavy atom. The smallest absolute Gasteiger partial charge is 0.326 e. The molecule has 0 saturated heterocycles. The second-order valence-corrected chi connectivity index (χ2v) is 5.41. The number of carboxylic acid groups (broad SMARTS) is 1. The highest BCUT2D eigenvalue weighted by Gasteiger charge is 2.20. The maximum absolute atomic E-state index is 12.2. The van der Waals surface area contributed by atoms with Crippen molar-refractivity contribution in [2.45, 2.75) is 39.2 Å². The van der Waals surface area contributed by atoms with Crippen LogP contribution < -0.4 is 5.32 Å². The van der Waals surface area contributed by atoms with Crippen molar-refractivity contribution in [2.75, 3.05) is 13.6 Å². The second-order valence-electron chi connectivity index (χ2n) is 5.41. The molecule has 0 saturated carbocycles. The van der Waals surface area contributed by atoms with Crippen molar-refractivity contribution >= 4 is 17.8 Å². The van der Waals surface area contributed by atoms with Gasteiger partial charge in [0.05, 0.1) is 0 Å². The van der Waals surface area contributed by atoms with E-state index in [4.69, 9.17) is 5.11 Å². The first-order chi connectivity index (χ1) is 10.9. The van der Waals surface area contributed by atoms with E-state index in [9.17, 15) is 14.4 Å². The summed E-state index contributed by atoms with van der Waals surface area (Å²) in [6.45, 7) is 4.38. The monoisotopic (exact) mass is 320 g/mol. The molecule has 126 valence electrons. The number of hydrogen-bond acceptors (Lipinski definition) is 3. The van der Waals surface area contributed by atoms with Gasteiger partial charge in [0.15, 0.2) is 0 Å². The van der Waals surface area contributed by atoms with Crippen LogP contribution in [0, 0.1) is 0 Å². The molecule has 6 nitrogen and oxygen atoms in total. The third-order valence-corrected chi connectivity index (χ3v) is 3.64. The molecule has 1 aromatic rings.